The Morgan fingerprint density at radius 1 is 1.06 bits per heavy atom. The number of Topliss-reactive ketones (excluding diaryl/α,β-unsaturated/α-hetero) is 1. The number of ketones is 1. The Hall–Kier alpha value is -0.790. The summed E-state index contributed by atoms with van der Waals surface area (Å²) >= 11 is 0. The molecule has 1 aliphatic carbocycles. The Labute approximate surface area is 111 Å². The molecule has 2 nitrogen and oxygen atoms in total. The van der Waals surface area contributed by atoms with Crippen molar-refractivity contribution in [2.45, 2.75) is 54.4 Å². The van der Waals surface area contributed by atoms with Crippen LogP contribution in [0.2, 0.25) is 0 Å². The van der Waals surface area contributed by atoms with Crippen LogP contribution in [0.5, 0.6) is 0 Å². The van der Waals surface area contributed by atoms with Crippen molar-refractivity contribution >= 4 is 5.78 Å². The molecule has 2 aliphatic rings. The van der Waals surface area contributed by atoms with Crippen molar-refractivity contribution in [3.8, 4) is 0 Å². The van der Waals surface area contributed by atoms with Gasteiger partial charge in [-0.15, -0.1) is 0 Å². The molecule has 0 aromatic rings. The van der Waals surface area contributed by atoms with Crippen LogP contribution >= 0.6 is 0 Å². The van der Waals surface area contributed by atoms with Crippen molar-refractivity contribution in [2.24, 2.45) is 22.7 Å². The fourth-order valence-corrected chi connectivity index (χ4v) is 3.33. The molecule has 0 saturated heterocycles. The number of rotatable bonds is 0. The third kappa shape index (κ3) is 2.22. The normalized spacial score (nSPS) is 29.3. The highest BCUT2D eigenvalue weighted by atomic mass is 16.5. The minimum Gasteiger partial charge on any atom is -0.497 e. The maximum absolute atomic E-state index is 12.2. The Morgan fingerprint density at radius 2 is 1.67 bits per heavy atom. The first-order chi connectivity index (χ1) is 8.12. The van der Waals surface area contributed by atoms with Gasteiger partial charge in [-0.3, -0.25) is 4.79 Å². The van der Waals surface area contributed by atoms with E-state index >= 15 is 0 Å². The van der Waals surface area contributed by atoms with Crippen LogP contribution in [0.15, 0.2) is 11.3 Å². The van der Waals surface area contributed by atoms with Crippen LogP contribution in [0.1, 0.15) is 54.4 Å². The van der Waals surface area contributed by atoms with Crippen LogP contribution in [0.4, 0.5) is 0 Å². The highest BCUT2D eigenvalue weighted by molar-refractivity contribution is 5.86. The number of allylic oxidation sites excluding steroid dienone is 2. The van der Waals surface area contributed by atoms with Crippen molar-refractivity contribution < 1.29 is 9.53 Å². The molecule has 102 valence electrons. The lowest BCUT2D eigenvalue weighted by Crippen LogP contribution is -2.36. The number of carbonyl (C=O) groups excluding carboxylic acids is 1. The third-order valence-corrected chi connectivity index (χ3v) is 4.07. The molecule has 1 aliphatic heterocycles. The van der Waals surface area contributed by atoms with Gasteiger partial charge in [-0.05, 0) is 17.4 Å². The molecule has 0 bridgehead atoms. The summed E-state index contributed by atoms with van der Waals surface area (Å²) in [5.74, 6) is 2.02. The van der Waals surface area contributed by atoms with Crippen molar-refractivity contribution in [3.63, 3.8) is 0 Å². The lowest BCUT2D eigenvalue weighted by Gasteiger charge is -2.41. The maximum atomic E-state index is 12.2. The monoisotopic (exact) mass is 250 g/mol. The lowest BCUT2D eigenvalue weighted by atomic mass is 9.69. The Kier molecular flexibility index (Phi) is 3.11. The van der Waals surface area contributed by atoms with Crippen LogP contribution in [-0.4, -0.2) is 12.4 Å². The molecule has 1 fully saturated rings. The van der Waals surface area contributed by atoms with E-state index in [4.69, 9.17) is 4.74 Å². The second-order valence-electron chi connectivity index (χ2n) is 7.80. The number of hydrogen-bond donors (Lipinski definition) is 0. The topological polar surface area (TPSA) is 26.3 Å². The molecular formula is C16H26O2. The zero-order chi connectivity index (χ0) is 13.7. The summed E-state index contributed by atoms with van der Waals surface area (Å²) in [6, 6.07) is 0. The Morgan fingerprint density at radius 3 is 2.17 bits per heavy atom. The average Bonchev–Trinajstić information content (AvgIpc) is 2.56. The number of fused-ring (bicyclic) bond motifs is 1. The summed E-state index contributed by atoms with van der Waals surface area (Å²) in [5.41, 5.74) is 1.25. The molecule has 18 heavy (non-hydrogen) atoms. The highest BCUT2D eigenvalue weighted by Gasteiger charge is 2.47. The van der Waals surface area contributed by atoms with E-state index in [0.29, 0.717) is 11.7 Å². The first-order valence-electron chi connectivity index (χ1n) is 7.03. The van der Waals surface area contributed by atoms with E-state index in [9.17, 15) is 4.79 Å². The summed E-state index contributed by atoms with van der Waals surface area (Å²) in [6.45, 7) is 13.8. The highest BCUT2D eigenvalue weighted by Crippen LogP contribution is 2.50. The van der Waals surface area contributed by atoms with Crippen molar-refractivity contribution in [1.82, 2.24) is 0 Å². The number of ether oxygens (including phenoxy) is 1. The van der Waals surface area contributed by atoms with Crippen LogP contribution in [0.25, 0.3) is 0 Å². The van der Waals surface area contributed by atoms with E-state index in [2.05, 4.69) is 41.5 Å². The van der Waals surface area contributed by atoms with E-state index in [1.54, 1.807) is 0 Å². The SMILES string of the molecule is CC(C)(C)C1=C(C(C)(C)C)C2C(=O)CC[C@H]2CO1. The molecular weight excluding hydrogens is 224 g/mol. The van der Waals surface area contributed by atoms with E-state index in [-0.39, 0.29) is 16.7 Å². The summed E-state index contributed by atoms with van der Waals surface area (Å²) in [4.78, 5) is 12.2. The van der Waals surface area contributed by atoms with Crippen molar-refractivity contribution in [3.05, 3.63) is 11.3 Å². The average molecular weight is 250 g/mol. The standard InChI is InChI=1S/C16H26O2/c1-15(2,3)13-12-10(7-8-11(12)17)9-18-14(13)16(4,5)6/h10,12H,7-9H2,1-6H3/t10-,12?/m0/s1. The van der Waals surface area contributed by atoms with E-state index in [1.807, 2.05) is 0 Å². The van der Waals surface area contributed by atoms with Gasteiger partial charge < -0.3 is 4.74 Å². The van der Waals surface area contributed by atoms with Gasteiger partial charge in [-0.1, -0.05) is 41.5 Å². The first kappa shape index (κ1) is 13.6. The number of hydrogen-bond acceptors (Lipinski definition) is 2. The molecule has 0 amide bonds. The van der Waals surface area contributed by atoms with Gasteiger partial charge in [-0.2, -0.15) is 0 Å². The third-order valence-electron chi connectivity index (χ3n) is 4.07. The van der Waals surface area contributed by atoms with Crippen molar-refractivity contribution in [1.29, 1.82) is 0 Å². The predicted octanol–water partition coefficient (Wildman–Crippen LogP) is 3.96. The van der Waals surface area contributed by atoms with Gasteiger partial charge in [0.25, 0.3) is 0 Å². The largest absolute Gasteiger partial charge is 0.497 e. The van der Waals surface area contributed by atoms with Crippen LogP contribution in [0, 0.1) is 22.7 Å². The van der Waals surface area contributed by atoms with Crippen LogP contribution in [-0.2, 0) is 9.53 Å². The molecule has 2 heteroatoms. The van der Waals surface area contributed by atoms with Gasteiger partial charge in [0.05, 0.1) is 6.61 Å². The maximum Gasteiger partial charge on any atom is 0.140 e. The molecule has 0 aromatic carbocycles. The molecule has 1 heterocycles. The predicted molar refractivity (Wildman–Crippen MR) is 73.1 cm³/mol. The zero-order valence-electron chi connectivity index (χ0n) is 12.6. The summed E-state index contributed by atoms with van der Waals surface area (Å²) < 4.78 is 6.07. The Balaban J connectivity index is 2.56. The molecule has 0 radical (unpaired) electrons. The molecule has 0 aromatic heterocycles. The second-order valence-corrected chi connectivity index (χ2v) is 7.80. The summed E-state index contributed by atoms with van der Waals surface area (Å²) in [6.07, 6.45) is 1.73. The minimum absolute atomic E-state index is 0.00590. The van der Waals surface area contributed by atoms with E-state index < -0.39 is 0 Å². The zero-order valence-corrected chi connectivity index (χ0v) is 12.6. The van der Waals surface area contributed by atoms with Crippen LogP contribution < -0.4 is 0 Å². The smallest absolute Gasteiger partial charge is 0.140 e. The first-order valence-corrected chi connectivity index (χ1v) is 7.03. The van der Waals surface area contributed by atoms with Gasteiger partial charge >= 0.3 is 0 Å². The number of carbonyl (C=O) groups is 1. The lowest BCUT2D eigenvalue weighted by molar-refractivity contribution is -0.121. The summed E-state index contributed by atoms with van der Waals surface area (Å²) in [7, 11) is 0. The van der Waals surface area contributed by atoms with Gasteiger partial charge in [0.1, 0.15) is 11.5 Å². The van der Waals surface area contributed by atoms with Gasteiger partial charge in [0.15, 0.2) is 0 Å². The Bertz CT molecular complexity index is 390. The van der Waals surface area contributed by atoms with E-state index in [1.165, 1.54) is 5.57 Å². The molecule has 2 atom stereocenters. The fraction of sp³-hybridized carbons (Fsp3) is 0.812. The fourth-order valence-electron chi connectivity index (χ4n) is 3.33. The van der Waals surface area contributed by atoms with E-state index in [0.717, 1.165) is 25.2 Å². The van der Waals surface area contributed by atoms with Gasteiger partial charge in [-0.25, -0.2) is 0 Å². The quantitative estimate of drug-likeness (QED) is 0.650. The molecule has 2 rings (SSSR count). The van der Waals surface area contributed by atoms with Crippen molar-refractivity contribution in [2.75, 3.05) is 6.61 Å². The van der Waals surface area contributed by atoms with Crippen LogP contribution in [0.3, 0.4) is 0 Å². The minimum atomic E-state index is -0.0174. The second kappa shape index (κ2) is 4.11. The van der Waals surface area contributed by atoms with Gasteiger partial charge in [0, 0.05) is 23.7 Å². The molecule has 0 N–H and O–H groups in total. The molecule has 1 unspecified atom stereocenters. The van der Waals surface area contributed by atoms with Gasteiger partial charge in [0.2, 0.25) is 0 Å². The molecule has 1 saturated carbocycles. The molecule has 0 spiro atoms. The summed E-state index contributed by atoms with van der Waals surface area (Å²) in [5, 5.41) is 0.